The third kappa shape index (κ3) is 6.29. The molecule has 5 heteroatoms. The van der Waals surface area contributed by atoms with Gasteiger partial charge in [0.05, 0.1) is 16.9 Å². The van der Waals surface area contributed by atoms with E-state index >= 15 is 0 Å². The minimum absolute atomic E-state index is 0.0805. The first-order valence-electron chi connectivity index (χ1n) is 24.2. The molecule has 0 unspecified atom stereocenters. The van der Waals surface area contributed by atoms with Crippen LogP contribution < -0.4 is 21.3 Å². The van der Waals surface area contributed by atoms with Crippen LogP contribution in [-0.4, -0.2) is 11.8 Å². The minimum Gasteiger partial charge on any atom is -0.469 e. The van der Waals surface area contributed by atoms with Crippen LogP contribution in [0.4, 0.5) is 28.4 Å². The van der Waals surface area contributed by atoms with Crippen molar-refractivity contribution >= 4 is 90.4 Å². The van der Waals surface area contributed by atoms with Crippen LogP contribution >= 0.6 is 0 Å². The second-order valence-corrected chi connectivity index (χ2v) is 20.5. The molecule has 0 radical (unpaired) electrons. The largest absolute Gasteiger partial charge is 0.469 e. The van der Waals surface area contributed by atoms with Crippen molar-refractivity contribution in [1.82, 2.24) is 4.57 Å². The number of aryl methyl sites for hydroxylation is 1. The molecule has 9 aromatic carbocycles. The molecule has 68 heavy (non-hydrogen) atoms. The van der Waals surface area contributed by atoms with Gasteiger partial charge >= 0.3 is 0 Å². The molecular weight excluding hydrogens is 826 g/mol. The minimum atomic E-state index is 0.0805. The van der Waals surface area contributed by atoms with Crippen molar-refractivity contribution in [2.75, 3.05) is 10.2 Å². The Hall–Kier alpha value is -7.76. The van der Waals surface area contributed by atoms with Crippen molar-refractivity contribution in [2.24, 2.45) is 0 Å². The lowest BCUT2D eigenvalue weighted by Gasteiger charge is -2.42. The predicted molar refractivity (Wildman–Crippen MR) is 290 cm³/mol. The summed E-state index contributed by atoms with van der Waals surface area (Å²) in [7, 11) is 0.651. The summed E-state index contributed by atoms with van der Waals surface area (Å²) in [4.78, 5) is 2.37. The average Bonchev–Trinajstić information content (AvgIpc) is 3.92. The standard InChI is InChI=1S/C63H52BN3O/c1-39-35-49(58-60-56(39)57-47-24-16-15-19-41(47)25-31-54(57)67(60)59-50-36-42(40-17-9-6-10-18-40)26-32-55(50)68-61(59)64-58)48-38-46(66(44-20-11-7-12-21-44)45-22-13-8-14-23-45)28-30-53(48)65-43-27-29-51-52(37-43)63(4,5)34-33-62(51,2)3/h6-32,35-38,64-65H,33-34H2,1-5H3. The van der Waals surface area contributed by atoms with Crippen molar-refractivity contribution in [2.45, 2.75) is 58.3 Å². The van der Waals surface area contributed by atoms with Crippen LogP contribution in [0.15, 0.2) is 192 Å². The van der Waals surface area contributed by atoms with Gasteiger partial charge in [-0.15, -0.1) is 0 Å². The molecule has 328 valence electrons. The van der Waals surface area contributed by atoms with Crippen molar-refractivity contribution < 1.29 is 4.42 Å². The van der Waals surface area contributed by atoms with Crippen LogP contribution in [0.3, 0.4) is 0 Å². The number of aromatic nitrogens is 1. The fourth-order valence-electron chi connectivity index (χ4n) is 11.8. The van der Waals surface area contributed by atoms with Crippen LogP contribution in [0, 0.1) is 6.92 Å². The average molecular weight is 878 g/mol. The van der Waals surface area contributed by atoms with Gasteiger partial charge in [-0.25, -0.2) is 0 Å². The molecule has 0 atom stereocenters. The summed E-state index contributed by atoms with van der Waals surface area (Å²) in [5.74, 6) is 0. The Morgan fingerprint density at radius 2 is 1.25 bits per heavy atom. The number of nitrogens with zero attached hydrogens (tertiary/aromatic N) is 2. The van der Waals surface area contributed by atoms with E-state index in [2.05, 4.69) is 237 Å². The summed E-state index contributed by atoms with van der Waals surface area (Å²) in [5, 5.41) is 10.3. The quantitative estimate of drug-likeness (QED) is 0.162. The molecule has 3 heterocycles. The first-order valence-corrected chi connectivity index (χ1v) is 24.2. The topological polar surface area (TPSA) is 33.3 Å². The number of hydrogen-bond donors (Lipinski definition) is 1. The number of nitrogens with one attached hydrogen (secondary N) is 1. The van der Waals surface area contributed by atoms with Gasteiger partial charge in [0, 0.05) is 55.7 Å². The molecule has 13 rings (SSSR count). The Morgan fingerprint density at radius 1 is 0.559 bits per heavy atom. The van der Waals surface area contributed by atoms with E-state index in [0.29, 0.717) is 7.28 Å². The molecule has 0 bridgehead atoms. The summed E-state index contributed by atoms with van der Waals surface area (Å²) in [6.45, 7) is 11.9. The highest BCUT2D eigenvalue weighted by atomic mass is 16.3. The maximum Gasteiger partial charge on any atom is 0.244 e. The summed E-state index contributed by atoms with van der Waals surface area (Å²) in [5.41, 5.74) is 21.3. The van der Waals surface area contributed by atoms with Gasteiger partial charge < -0.3 is 19.2 Å². The summed E-state index contributed by atoms with van der Waals surface area (Å²) in [6, 6.07) is 68.9. The van der Waals surface area contributed by atoms with E-state index in [9.17, 15) is 0 Å². The Balaban J connectivity index is 1.09. The first-order chi connectivity index (χ1) is 33.1. The number of para-hydroxylation sites is 2. The Morgan fingerprint density at radius 3 is 2.00 bits per heavy atom. The molecule has 2 aromatic heterocycles. The van der Waals surface area contributed by atoms with Gasteiger partial charge in [0.1, 0.15) is 5.58 Å². The molecule has 1 N–H and O–H groups in total. The van der Waals surface area contributed by atoms with Crippen LogP contribution in [0.25, 0.3) is 71.5 Å². The third-order valence-electron chi connectivity index (χ3n) is 15.3. The zero-order chi connectivity index (χ0) is 45.9. The van der Waals surface area contributed by atoms with Crippen LogP contribution in [0.1, 0.15) is 57.2 Å². The van der Waals surface area contributed by atoms with E-state index in [1.165, 1.54) is 77.8 Å². The molecule has 1 aliphatic heterocycles. The molecule has 4 nitrogen and oxygen atoms in total. The fraction of sp³-hybridized carbons (Fsp3) is 0.143. The van der Waals surface area contributed by atoms with Crippen molar-refractivity contribution in [3.05, 3.63) is 205 Å². The second-order valence-electron chi connectivity index (χ2n) is 20.5. The molecule has 0 saturated carbocycles. The number of fused-ring (bicyclic) bond motifs is 10. The lowest BCUT2D eigenvalue weighted by atomic mass is 9.62. The van der Waals surface area contributed by atoms with Gasteiger partial charge in [0.15, 0.2) is 0 Å². The van der Waals surface area contributed by atoms with E-state index in [1.807, 2.05) is 0 Å². The zero-order valence-electron chi connectivity index (χ0n) is 39.3. The summed E-state index contributed by atoms with van der Waals surface area (Å²) >= 11 is 0. The lowest BCUT2D eigenvalue weighted by Crippen LogP contribution is -2.36. The second kappa shape index (κ2) is 15.1. The van der Waals surface area contributed by atoms with Gasteiger partial charge in [-0.05, 0) is 153 Å². The van der Waals surface area contributed by atoms with E-state index < -0.39 is 0 Å². The molecular formula is C63H52BN3O. The molecule has 0 spiro atoms. The summed E-state index contributed by atoms with van der Waals surface area (Å²) < 4.78 is 9.59. The van der Waals surface area contributed by atoms with Gasteiger partial charge in [-0.2, -0.15) is 0 Å². The molecule has 2 aliphatic rings. The van der Waals surface area contributed by atoms with E-state index in [-0.39, 0.29) is 10.8 Å². The van der Waals surface area contributed by atoms with E-state index in [0.717, 1.165) is 62.7 Å². The van der Waals surface area contributed by atoms with E-state index in [1.54, 1.807) is 0 Å². The van der Waals surface area contributed by atoms with Gasteiger partial charge in [-0.1, -0.05) is 143 Å². The SMILES string of the molecule is Cc1cc(-c2cc(N(c3ccccc3)c3ccccc3)ccc2Nc2ccc3c(c2)C(C)(C)CCC3(C)C)c2c3c1c1c4ccccc4ccc1n3-c1c(oc3ccc(-c4ccccc4)cc13)B2. The molecule has 11 aromatic rings. The summed E-state index contributed by atoms with van der Waals surface area (Å²) in [6.07, 6.45) is 2.34. The van der Waals surface area contributed by atoms with Crippen molar-refractivity contribution in [3.8, 4) is 27.9 Å². The monoisotopic (exact) mass is 877 g/mol. The van der Waals surface area contributed by atoms with E-state index in [4.69, 9.17) is 4.42 Å². The molecule has 0 fully saturated rings. The number of benzene rings is 9. The first kappa shape index (κ1) is 40.5. The fourth-order valence-corrected chi connectivity index (χ4v) is 11.8. The highest BCUT2D eigenvalue weighted by Crippen LogP contribution is 2.49. The number of rotatable bonds is 7. The highest BCUT2D eigenvalue weighted by Gasteiger charge is 2.37. The molecule has 0 amide bonds. The van der Waals surface area contributed by atoms with Gasteiger partial charge in [-0.3, -0.25) is 0 Å². The van der Waals surface area contributed by atoms with Crippen molar-refractivity contribution in [1.29, 1.82) is 0 Å². The Kier molecular flexibility index (Phi) is 9.02. The Bertz CT molecular complexity index is 3770. The molecule has 1 aliphatic carbocycles. The maximum atomic E-state index is 7.04. The highest BCUT2D eigenvalue weighted by molar-refractivity contribution is 6.73. The normalized spacial score (nSPS) is 14.5. The van der Waals surface area contributed by atoms with Crippen molar-refractivity contribution in [3.63, 3.8) is 0 Å². The van der Waals surface area contributed by atoms with Crippen LogP contribution in [0.5, 0.6) is 0 Å². The molecule has 0 saturated heterocycles. The smallest absolute Gasteiger partial charge is 0.244 e. The zero-order valence-corrected chi connectivity index (χ0v) is 39.3. The lowest BCUT2D eigenvalue weighted by molar-refractivity contribution is 0.332. The number of furan rings is 1. The van der Waals surface area contributed by atoms with Crippen LogP contribution in [0.2, 0.25) is 0 Å². The third-order valence-corrected chi connectivity index (χ3v) is 15.3. The number of anilines is 5. The maximum absolute atomic E-state index is 7.04. The predicted octanol–water partition coefficient (Wildman–Crippen LogP) is 15.6. The van der Waals surface area contributed by atoms with Crippen LogP contribution in [-0.2, 0) is 10.8 Å². The number of hydrogen-bond acceptors (Lipinski definition) is 3. The van der Waals surface area contributed by atoms with Gasteiger partial charge in [0.2, 0.25) is 7.28 Å². The van der Waals surface area contributed by atoms with Gasteiger partial charge in [0.25, 0.3) is 0 Å². The Labute approximate surface area is 398 Å².